The van der Waals surface area contributed by atoms with Gasteiger partial charge in [-0.2, -0.15) is 0 Å². The number of phenolic OH excluding ortho intramolecular Hbond substituents is 2. The number of nitrogens with zero attached hydrogens (tertiary/aromatic N) is 1. The number of primary sulfonamides is 1. The quantitative estimate of drug-likeness (QED) is 0.272. The molecule has 1 unspecified atom stereocenters. The Labute approximate surface area is 225 Å². The van der Waals surface area contributed by atoms with Gasteiger partial charge in [-0.05, 0) is 36.4 Å². The van der Waals surface area contributed by atoms with Gasteiger partial charge >= 0.3 is 12.0 Å². The van der Waals surface area contributed by atoms with Crippen molar-refractivity contribution in [2.75, 3.05) is 4.90 Å². The second kappa shape index (κ2) is 8.43. The van der Waals surface area contributed by atoms with Gasteiger partial charge < -0.3 is 25.4 Å². The Kier molecular flexibility index (Phi) is 5.30. The zero-order valence-corrected chi connectivity index (χ0v) is 21.0. The van der Waals surface area contributed by atoms with E-state index in [0.717, 1.165) is 18.2 Å². The monoisotopic (exact) mass is 563 g/mol. The minimum atomic E-state index is -4.28. The fraction of sp³-hybridized carbons (Fsp3) is 0.0370. The number of benzene rings is 4. The molecule has 11 nitrogen and oxygen atoms in total. The summed E-state index contributed by atoms with van der Waals surface area (Å²) in [6, 6.07) is 14.2. The van der Waals surface area contributed by atoms with Crippen molar-refractivity contribution in [3.63, 3.8) is 0 Å². The van der Waals surface area contributed by atoms with E-state index in [4.69, 9.17) is 20.3 Å². The zero-order chi connectivity index (χ0) is 28.6. The van der Waals surface area contributed by atoms with Crippen LogP contribution in [0.3, 0.4) is 0 Å². The van der Waals surface area contributed by atoms with Gasteiger partial charge in [0.15, 0.2) is 5.60 Å². The maximum absolute atomic E-state index is 15.4. The highest BCUT2D eigenvalue weighted by Gasteiger charge is 2.55. The predicted molar refractivity (Wildman–Crippen MR) is 138 cm³/mol. The molecule has 2 amide bonds. The van der Waals surface area contributed by atoms with Gasteiger partial charge in [0.1, 0.15) is 28.8 Å². The van der Waals surface area contributed by atoms with Crippen molar-refractivity contribution in [2.45, 2.75) is 10.5 Å². The van der Waals surface area contributed by atoms with Crippen LogP contribution in [-0.2, 0) is 20.4 Å². The smallest absolute Gasteiger partial charge is 0.340 e. The Bertz CT molecular complexity index is 1900. The molecule has 0 saturated heterocycles. The number of carbonyl (C=O) groups is 2. The van der Waals surface area contributed by atoms with E-state index in [-0.39, 0.29) is 39.6 Å². The highest BCUT2D eigenvalue weighted by Crippen LogP contribution is 2.60. The summed E-state index contributed by atoms with van der Waals surface area (Å²) in [6.07, 6.45) is 0. The van der Waals surface area contributed by atoms with Crippen molar-refractivity contribution in [2.24, 2.45) is 10.9 Å². The van der Waals surface area contributed by atoms with Gasteiger partial charge in [-0.1, -0.05) is 18.2 Å². The first kappa shape index (κ1) is 25.2. The summed E-state index contributed by atoms with van der Waals surface area (Å²) in [6.45, 7) is 0. The third-order valence-corrected chi connectivity index (χ3v) is 7.62. The fourth-order valence-corrected chi connectivity index (χ4v) is 5.68. The molecule has 0 saturated carbocycles. The molecular formula is C27H18FN3O8S. The van der Waals surface area contributed by atoms with Crippen LogP contribution in [0.2, 0.25) is 0 Å². The number of esters is 1. The third kappa shape index (κ3) is 3.56. The number of hydrogen-bond donors (Lipinski definition) is 4. The Morgan fingerprint density at radius 1 is 0.900 bits per heavy atom. The molecule has 6 rings (SSSR count). The Balaban J connectivity index is 1.70. The van der Waals surface area contributed by atoms with Crippen LogP contribution in [0.15, 0.2) is 77.7 Å². The number of carbonyl (C=O) groups excluding carboxylic acids is 2. The number of rotatable bonds is 3. The van der Waals surface area contributed by atoms with Crippen LogP contribution in [0, 0.1) is 5.82 Å². The number of phenols is 2. The van der Waals surface area contributed by atoms with E-state index in [1.165, 1.54) is 24.3 Å². The topological polar surface area (TPSA) is 182 Å². The molecule has 2 aliphatic heterocycles. The summed E-state index contributed by atoms with van der Waals surface area (Å²) in [5.74, 6) is -2.49. The van der Waals surface area contributed by atoms with Gasteiger partial charge in [0.05, 0.1) is 27.4 Å². The maximum atomic E-state index is 15.4. The number of primary amides is 1. The van der Waals surface area contributed by atoms with Crippen molar-refractivity contribution in [1.29, 1.82) is 0 Å². The number of aromatic hydroxyl groups is 2. The van der Waals surface area contributed by atoms with Crippen molar-refractivity contribution in [1.82, 2.24) is 0 Å². The number of nitrogens with two attached hydrogens (primary N) is 2. The summed E-state index contributed by atoms with van der Waals surface area (Å²) >= 11 is 0. The van der Waals surface area contributed by atoms with Gasteiger partial charge in [0.25, 0.3) is 0 Å². The molecular weight excluding hydrogens is 545 g/mol. The van der Waals surface area contributed by atoms with E-state index in [1.54, 1.807) is 24.3 Å². The first-order valence-electron chi connectivity index (χ1n) is 11.6. The molecule has 0 bridgehead atoms. The molecule has 4 aromatic rings. The van der Waals surface area contributed by atoms with Crippen LogP contribution in [-0.4, -0.2) is 30.6 Å². The van der Waals surface area contributed by atoms with Crippen LogP contribution in [0.4, 0.5) is 20.6 Å². The molecule has 13 heteroatoms. The number of amides is 2. The number of halogens is 1. The average Bonchev–Trinajstić information content (AvgIpc) is 3.16. The normalized spacial score (nSPS) is 16.9. The molecule has 1 atom stereocenters. The summed E-state index contributed by atoms with van der Waals surface area (Å²) in [5.41, 5.74) is 4.02. The van der Waals surface area contributed by atoms with Crippen molar-refractivity contribution < 1.29 is 42.1 Å². The number of hydrogen-bond acceptors (Lipinski definition) is 8. The molecule has 0 fully saturated rings. The molecule has 6 N–H and O–H groups in total. The number of ether oxygens (including phenoxy) is 2. The third-order valence-electron chi connectivity index (χ3n) is 6.70. The predicted octanol–water partition coefficient (Wildman–Crippen LogP) is 3.67. The number of anilines is 2. The van der Waals surface area contributed by atoms with E-state index in [2.05, 4.69) is 0 Å². The maximum Gasteiger partial charge on any atom is 0.340 e. The van der Waals surface area contributed by atoms with E-state index in [0.29, 0.717) is 16.5 Å². The second-order valence-corrected chi connectivity index (χ2v) is 10.6. The molecule has 2 heterocycles. The highest BCUT2D eigenvalue weighted by molar-refractivity contribution is 7.89. The summed E-state index contributed by atoms with van der Waals surface area (Å²) in [7, 11) is -4.28. The van der Waals surface area contributed by atoms with Gasteiger partial charge in [-0.3, -0.25) is 4.90 Å². The van der Waals surface area contributed by atoms with Crippen LogP contribution in [0.25, 0.3) is 0 Å². The molecule has 202 valence electrons. The Hall–Kier alpha value is -5.14. The zero-order valence-electron chi connectivity index (χ0n) is 20.2. The summed E-state index contributed by atoms with van der Waals surface area (Å²) < 4.78 is 50.9. The first-order valence-corrected chi connectivity index (χ1v) is 13.1. The van der Waals surface area contributed by atoms with Gasteiger partial charge in [0, 0.05) is 29.3 Å². The second-order valence-electron chi connectivity index (χ2n) is 9.07. The van der Waals surface area contributed by atoms with Gasteiger partial charge in [0.2, 0.25) is 10.0 Å². The van der Waals surface area contributed by atoms with Crippen molar-refractivity contribution >= 4 is 33.4 Å². The molecule has 0 aliphatic carbocycles. The molecule has 1 spiro atoms. The minimum Gasteiger partial charge on any atom is -0.508 e. The van der Waals surface area contributed by atoms with E-state index >= 15 is 4.39 Å². The lowest BCUT2D eigenvalue weighted by molar-refractivity contribution is 0.0226. The number of urea groups is 1. The molecule has 4 aromatic carbocycles. The lowest BCUT2D eigenvalue weighted by Crippen LogP contribution is -2.38. The lowest BCUT2D eigenvalue weighted by Gasteiger charge is -2.39. The number of sulfonamides is 1. The molecule has 2 aliphatic rings. The Morgan fingerprint density at radius 3 is 2.33 bits per heavy atom. The lowest BCUT2D eigenvalue weighted by atomic mass is 9.76. The van der Waals surface area contributed by atoms with E-state index in [1.807, 2.05) is 0 Å². The van der Waals surface area contributed by atoms with Gasteiger partial charge in [-0.25, -0.2) is 27.5 Å². The minimum absolute atomic E-state index is 0.00973. The van der Waals surface area contributed by atoms with Crippen LogP contribution < -0.4 is 20.5 Å². The van der Waals surface area contributed by atoms with Crippen LogP contribution in [0.5, 0.6) is 23.0 Å². The average molecular weight is 564 g/mol. The molecule has 0 radical (unpaired) electrons. The van der Waals surface area contributed by atoms with Crippen molar-refractivity contribution in [3.05, 3.63) is 101 Å². The molecule has 0 aromatic heterocycles. The van der Waals surface area contributed by atoms with E-state index < -0.39 is 49.8 Å². The van der Waals surface area contributed by atoms with E-state index in [9.17, 15) is 28.2 Å². The molecule has 40 heavy (non-hydrogen) atoms. The summed E-state index contributed by atoms with van der Waals surface area (Å²) in [4.78, 5) is 26.2. The summed E-state index contributed by atoms with van der Waals surface area (Å²) in [5, 5.41) is 25.9. The van der Waals surface area contributed by atoms with Crippen LogP contribution in [0.1, 0.15) is 27.0 Å². The van der Waals surface area contributed by atoms with Crippen LogP contribution >= 0.6 is 0 Å². The fourth-order valence-electron chi connectivity index (χ4n) is 5.15. The SMILES string of the molecule is NC(=O)N(c1ccc(S(N)(=O)=O)cc1F)c1cc(O)cc2c1C1(OC(=O)c3ccccc31)c1ccc(O)cc1O2. The first-order chi connectivity index (χ1) is 18.9. The van der Waals surface area contributed by atoms with Gasteiger partial charge in [-0.15, -0.1) is 0 Å². The Morgan fingerprint density at radius 2 is 1.62 bits per heavy atom. The standard InChI is InChI=1S/C27H18FN3O8S/c28-19-12-15(40(30,36)37)6-8-20(19)31(26(29)35)21-9-14(33)11-23-24(21)27(18-7-5-13(32)10-22(18)38-23)17-4-2-1-3-16(17)25(34)39-27/h1-12,32-33H,(H2,29,35)(H2,30,36,37). The highest BCUT2D eigenvalue weighted by atomic mass is 32.2. The van der Waals surface area contributed by atoms with Crippen molar-refractivity contribution in [3.8, 4) is 23.0 Å². The largest absolute Gasteiger partial charge is 0.508 e. The number of fused-ring (bicyclic) bond motifs is 6.